The number of halogens is 1. The van der Waals surface area contributed by atoms with Crippen LogP contribution in [0.3, 0.4) is 0 Å². The Labute approximate surface area is 229 Å². The summed E-state index contributed by atoms with van der Waals surface area (Å²) in [6.07, 6.45) is 5.28. The number of allylic oxidation sites excluding steroid dienone is 1. The molecule has 0 aliphatic carbocycles. The van der Waals surface area contributed by atoms with Gasteiger partial charge in [-0.25, -0.2) is 9.78 Å². The summed E-state index contributed by atoms with van der Waals surface area (Å²) in [4.78, 5) is 30.7. The summed E-state index contributed by atoms with van der Waals surface area (Å²) in [6, 6.07) is 10.5. The molecule has 0 unspecified atom stereocenters. The molecule has 3 amide bonds. The lowest BCUT2D eigenvalue weighted by molar-refractivity contribution is -0.116. The molecular weight excluding hydrogens is 502 g/mol. The van der Waals surface area contributed by atoms with E-state index in [9.17, 15) is 9.59 Å². The monoisotopic (exact) mass is 537 g/mol. The highest BCUT2D eigenvalue weighted by atomic mass is 35.5. The molecule has 38 heavy (non-hydrogen) atoms. The first kappa shape index (κ1) is 30.4. The zero-order chi connectivity index (χ0) is 28.4. The highest BCUT2D eigenvalue weighted by Gasteiger charge is 2.20. The number of nitrogens with one attached hydrogen (secondary N) is 1. The number of fused-ring (bicyclic) bond motifs is 1. The van der Waals surface area contributed by atoms with Crippen molar-refractivity contribution in [1.82, 2.24) is 14.9 Å². The number of imidazole rings is 1. The molecule has 9 heteroatoms. The Morgan fingerprint density at radius 2 is 1.95 bits per heavy atom. The summed E-state index contributed by atoms with van der Waals surface area (Å²) in [5.41, 5.74) is 3.05. The number of carbonyl (C=O) groups excluding carboxylic acids is 2. The van der Waals surface area contributed by atoms with E-state index in [1.54, 1.807) is 19.1 Å². The number of amides is 3. The van der Waals surface area contributed by atoms with Crippen LogP contribution in [0.15, 0.2) is 48.3 Å². The van der Waals surface area contributed by atoms with Gasteiger partial charge in [0, 0.05) is 24.8 Å². The van der Waals surface area contributed by atoms with Gasteiger partial charge in [0.25, 0.3) is 5.91 Å². The van der Waals surface area contributed by atoms with Crippen LogP contribution >= 0.6 is 11.6 Å². The molecule has 1 aromatic heterocycles. The van der Waals surface area contributed by atoms with E-state index in [2.05, 4.69) is 28.7 Å². The Morgan fingerprint density at radius 1 is 1.24 bits per heavy atom. The van der Waals surface area contributed by atoms with Crippen molar-refractivity contribution in [2.75, 3.05) is 11.9 Å². The van der Waals surface area contributed by atoms with Gasteiger partial charge in [-0.3, -0.25) is 15.0 Å². The molecule has 1 N–H and O–H groups in total. The van der Waals surface area contributed by atoms with Crippen molar-refractivity contribution in [3.05, 3.63) is 58.9 Å². The van der Waals surface area contributed by atoms with E-state index in [0.717, 1.165) is 23.0 Å². The Kier molecular flexibility index (Phi) is 11.4. The van der Waals surface area contributed by atoms with Gasteiger partial charge in [0.05, 0.1) is 22.4 Å². The predicted octanol–water partition coefficient (Wildman–Crippen LogP) is 7.57. The molecule has 0 saturated heterocycles. The van der Waals surface area contributed by atoms with Gasteiger partial charge in [-0.15, -0.1) is 0 Å². The smallest absolute Gasteiger partial charge is 0.328 e. The standard InChI is InChI=1S/C27H30ClN5O3.C2H6/c1-6-8-18-12-20(32(5)27(35)31-26(34)19(15-29)9-7-2)13-22(28)25(18)36-21-10-11-23-24(14-21)33(16-30-23)17(3)4;1-2/h9-14,16-17H,6-8H2,1-5H3,(H,31,34,35);1-2H3/b19-9+;. The zero-order valence-corrected chi connectivity index (χ0v) is 23.9. The van der Waals surface area contributed by atoms with Crippen molar-refractivity contribution >= 4 is 40.3 Å². The number of hydrogen-bond acceptors (Lipinski definition) is 5. The summed E-state index contributed by atoms with van der Waals surface area (Å²) in [5.74, 6) is 0.396. The maximum absolute atomic E-state index is 12.7. The summed E-state index contributed by atoms with van der Waals surface area (Å²) in [7, 11) is 1.53. The largest absolute Gasteiger partial charge is 0.455 e. The van der Waals surface area contributed by atoms with E-state index in [1.807, 2.05) is 51.4 Å². The number of carbonyl (C=O) groups is 2. The van der Waals surface area contributed by atoms with Gasteiger partial charge >= 0.3 is 6.03 Å². The fraction of sp³-hybridized carbons (Fsp3) is 0.379. The second-order valence-corrected chi connectivity index (χ2v) is 9.03. The van der Waals surface area contributed by atoms with Crippen molar-refractivity contribution < 1.29 is 14.3 Å². The van der Waals surface area contributed by atoms with Gasteiger partial charge in [-0.2, -0.15) is 5.26 Å². The van der Waals surface area contributed by atoms with Gasteiger partial charge in [-0.05, 0) is 56.5 Å². The van der Waals surface area contributed by atoms with Gasteiger partial charge in [-0.1, -0.05) is 51.8 Å². The summed E-state index contributed by atoms with van der Waals surface area (Å²) >= 11 is 6.65. The second kappa shape index (κ2) is 14.2. The average Bonchev–Trinajstić information content (AvgIpc) is 3.33. The number of rotatable bonds is 8. The average molecular weight is 538 g/mol. The molecule has 3 aromatic rings. The SMILES string of the molecule is CC.CC/C=C(\C#N)C(=O)NC(=O)N(C)c1cc(Cl)c(Oc2ccc3ncn(C(C)C)c3c2)c(CCC)c1. The fourth-order valence-corrected chi connectivity index (χ4v) is 4.03. The number of hydrogen-bond donors (Lipinski definition) is 1. The first-order valence-electron chi connectivity index (χ1n) is 12.9. The first-order valence-corrected chi connectivity index (χ1v) is 13.2. The van der Waals surface area contributed by atoms with Crippen LogP contribution in [0.5, 0.6) is 11.5 Å². The van der Waals surface area contributed by atoms with Crippen LogP contribution in [0.4, 0.5) is 10.5 Å². The minimum Gasteiger partial charge on any atom is -0.455 e. The summed E-state index contributed by atoms with van der Waals surface area (Å²) < 4.78 is 8.32. The van der Waals surface area contributed by atoms with Crippen LogP contribution in [-0.4, -0.2) is 28.5 Å². The minimum absolute atomic E-state index is 0.108. The molecule has 0 bridgehead atoms. The highest BCUT2D eigenvalue weighted by Crippen LogP contribution is 2.38. The van der Waals surface area contributed by atoms with Crippen molar-refractivity contribution in [1.29, 1.82) is 5.26 Å². The molecule has 3 rings (SSSR count). The Hall–Kier alpha value is -3.83. The van der Waals surface area contributed by atoms with Crippen LogP contribution in [0.25, 0.3) is 11.0 Å². The quantitative estimate of drug-likeness (QED) is 0.236. The molecule has 1 heterocycles. The minimum atomic E-state index is -0.743. The van der Waals surface area contributed by atoms with Crippen molar-refractivity contribution in [2.45, 2.75) is 66.8 Å². The van der Waals surface area contributed by atoms with Crippen LogP contribution in [0, 0.1) is 11.3 Å². The van der Waals surface area contributed by atoms with E-state index < -0.39 is 11.9 Å². The molecule has 202 valence electrons. The van der Waals surface area contributed by atoms with Crippen LogP contribution in [-0.2, 0) is 11.2 Å². The lowest BCUT2D eigenvalue weighted by Crippen LogP contribution is -2.41. The van der Waals surface area contributed by atoms with Gasteiger partial charge < -0.3 is 9.30 Å². The zero-order valence-electron chi connectivity index (χ0n) is 23.1. The topological polar surface area (TPSA) is 100 Å². The van der Waals surface area contributed by atoms with E-state index in [-0.39, 0.29) is 11.6 Å². The number of aromatic nitrogens is 2. The number of nitrogens with zero attached hydrogens (tertiary/aromatic N) is 4. The Bertz CT molecular complexity index is 1350. The summed E-state index contributed by atoms with van der Waals surface area (Å²) in [5, 5.41) is 11.7. The number of urea groups is 1. The third kappa shape index (κ3) is 7.14. The van der Waals surface area contributed by atoms with E-state index in [0.29, 0.717) is 35.1 Å². The number of imide groups is 1. The lowest BCUT2D eigenvalue weighted by Gasteiger charge is -2.21. The molecule has 8 nitrogen and oxygen atoms in total. The molecule has 0 spiro atoms. The third-order valence-electron chi connectivity index (χ3n) is 5.63. The molecule has 2 aromatic carbocycles. The maximum Gasteiger partial charge on any atom is 0.328 e. The van der Waals surface area contributed by atoms with E-state index >= 15 is 0 Å². The number of anilines is 1. The number of nitriles is 1. The predicted molar refractivity (Wildman–Crippen MR) is 153 cm³/mol. The number of aryl methyl sites for hydroxylation is 1. The first-order chi connectivity index (χ1) is 18.2. The van der Waals surface area contributed by atoms with E-state index in [4.69, 9.17) is 21.6 Å². The third-order valence-corrected chi connectivity index (χ3v) is 5.91. The van der Waals surface area contributed by atoms with Gasteiger partial charge in [0.2, 0.25) is 0 Å². The molecule has 0 saturated carbocycles. The molecule has 0 atom stereocenters. The van der Waals surface area contributed by atoms with Crippen LogP contribution in [0.2, 0.25) is 5.02 Å². The van der Waals surface area contributed by atoms with E-state index in [1.165, 1.54) is 18.0 Å². The molecule has 0 fully saturated rings. The molecule has 0 aliphatic heterocycles. The van der Waals surface area contributed by atoms with Crippen LogP contribution < -0.4 is 15.0 Å². The summed E-state index contributed by atoms with van der Waals surface area (Å²) in [6.45, 7) is 12.0. The van der Waals surface area contributed by atoms with Crippen molar-refractivity contribution in [2.24, 2.45) is 0 Å². The van der Waals surface area contributed by atoms with Crippen molar-refractivity contribution in [3.8, 4) is 17.6 Å². The highest BCUT2D eigenvalue weighted by molar-refractivity contribution is 6.32. The molecular formula is C29H36ClN5O3. The van der Waals surface area contributed by atoms with Gasteiger partial charge in [0.15, 0.2) is 0 Å². The number of ether oxygens (including phenoxy) is 1. The van der Waals surface area contributed by atoms with Crippen LogP contribution in [0.1, 0.15) is 66.0 Å². The fourth-order valence-electron chi connectivity index (χ4n) is 3.75. The lowest BCUT2D eigenvalue weighted by atomic mass is 10.1. The van der Waals surface area contributed by atoms with Gasteiger partial charge in [0.1, 0.15) is 23.1 Å². The normalized spacial score (nSPS) is 11.0. The number of benzene rings is 2. The Morgan fingerprint density at radius 3 is 2.55 bits per heavy atom. The van der Waals surface area contributed by atoms with Crippen molar-refractivity contribution in [3.63, 3.8) is 0 Å². The second-order valence-electron chi connectivity index (χ2n) is 8.62. The maximum atomic E-state index is 12.7. The Balaban J connectivity index is 0.00000247. The molecule has 0 aliphatic rings. The molecule has 0 radical (unpaired) electrons.